The third-order valence-corrected chi connectivity index (χ3v) is 4.55. The zero-order chi connectivity index (χ0) is 16.1. The van der Waals surface area contributed by atoms with Crippen LogP contribution in [0.1, 0.15) is 15.2 Å². The van der Waals surface area contributed by atoms with E-state index in [0.717, 1.165) is 11.3 Å². The molecule has 1 heterocycles. The molecule has 0 atom stereocenters. The van der Waals surface area contributed by atoms with Crippen molar-refractivity contribution in [3.05, 3.63) is 51.3 Å². The number of rotatable bonds is 6. The van der Waals surface area contributed by atoms with E-state index in [-0.39, 0.29) is 5.91 Å². The number of aromatic nitrogens is 1. The molecule has 0 aliphatic carbocycles. The van der Waals surface area contributed by atoms with Crippen molar-refractivity contribution >= 4 is 35.3 Å². The van der Waals surface area contributed by atoms with Crippen LogP contribution >= 0.6 is 23.6 Å². The van der Waals surface area contributed by atoms with Crippen molar-refractivity contribution < 1.29 is 9.53 Å². The maximum atomic E-state index is 12.3. The molecule has 0 saturated heterocycles. The molecule has 2 aromatic rings. The molecule has 0 fully saturated rings. The monoisotopic (exact) mass is 335 g/mol. The van der Waals surface area contributed by atoms with Gasteiger partial charge >= 0.3 is 0 Å². The Kier molecular flexibility index (Phi) is 5.35. The number of thiazole rings is 1. The maximum absolute atomic E-state index is 12.3. The number of allylic oxidation sites excluding steroid dienone is 1. The first-order valence-electron chi connectivity index (χ1n) is 6.58. The Hall–Kier alpha value is -2.12. The van der Waals surface area contributed by atoms with E-state index in [1.165, 1.54) is 11.3 Å². The Morgan fingerprint density at radius 1 is 1.55 bits per heavy atom. The molecule has 5 nitrogen and oxygen atoms in total. The van der Waals surface area contributed by atoms with Crippen LogP contribution in [0.15, 0.2) is 36.9 Å². The SMILES string of the molecule is C=CCn1c(N)c(C(=O)NCc2ccccc2OC)sc1=S. The number of nitrogens with zero attached hydrogens (tertiary/aromatic N) is 1. The minimum Gasteiger partial charge on any atom is -0.496 e. The highest BCUT2D eigenvalue weighted by atomic mass is 32.1. The topological polar surface area (TPSA) is 69.3 Å². The standard InChI is InChI=1S/C15H17N3O2S2/c1-3-8-18-13(16)12(22-15(18)21)14(19)17-9-10-6-4-5-7-11(10)20-2/h3-7H,1,8-9,16H2,2H3,(H,17,19). The average molecular weight is 335 g/mol. The lowest BCUT2D eigenvalue weighted by atomic mass is 10.2. The van der Waals surface area contributed by atoms with Gasteiger partial charge in [-0.3, -0.25) is 4.79 Å². The van der Waals surface area contributed by atoms with Gasteiger partial charge in [-0.25, -0.2) is 0 Å². The maximum Gasteiger partial charge on any atom is 0.265 e. The Labute approximate surface area is 138 Å². The van der Waals surface area contributed by atoms with Crippen LogP contribution < -0.4 is 15.8 Å². The third-order valence-electron chi connectivity index (χ3n) is 3.08. The number of amides is 1. The molecule has 1 amide bonds. The number of ether oxygens (including phenoxy) is 1. The summed E-state index contributed by atoms with van der Waals surface area (Å²) in [6, 6.07) is 7.51. The van der Waals surface area contributed by atoms with E-state index < -0.39 is 0 Å². The van der Waals surface area contributed by atoms with E-state index in [2.05, 4.69) is 11.9 Å². The Bertz CT molecular complexity index is 749. The van der Waals surface area contributed by atoms with E-state index in [9.17, 15) is 4.79 Å². The number of hydrogen-bond acceptors (Lipinski definition) is 5. The zero-order valence-corrected chi connectivity index (χ0v) is 13.8. The molecule has 0 spiro atoms. The first-order valence-corrected chi connectivity index (χ1v) is 7.81. The van der Waals surface area contributed by atoms with Crippen molar-refractivity contribution in [1.82, 2.24) is 9.88 Å². The van der Waals surface area contributed by atoms with Crippen LogP contribution in [0.2, 0.25) is 0 Å². The second kappa shape index (κ2) is 7.24. The van der Waals surface area contributed by atoms with E-state index >= 15 is 0 Å². The fourth-order valence-electron chi connectivity index (χ4n) is 1.99. The molecule has 0 aliphatic rings. The Morgan fingerprint density at radius 3 is 2.95 bits per heavy atom. The lowest BCUT2D eigenvalue weighted by Crippen LogP contribution is -2.23. The second-order valence-corrected chi connectivity index (χ2v) is 6.12. The molecule has 7 heteroatoms. The van der Waals surface area contributed by atoms with Crippen LogP contribution in [0.5, 0.6) is 5.75 Å². The van der Waals surface area contributed by atoms with Gasteiger partial charge < -0.3 is 20.4 Å². The zero-order valence-electron chi connectivity index (χ0n) is 12.2. The van der Waals surface area contributed by atoms with Crippen molar-refractivity contribution in [2.45, 2.75) is 13.1 Å². The molecule has 1 aromatic heterocycles. The number of nitrogen functional groups attached to an aromatic ring is 1. The molecule has 116 valence electrons. The van der Waals surface area contributed by atoms with Crippen molar-refractivity contribution in [3.8, 4) is 5.75 Å². The summed E-state index contributed by atoms with van der Waals surface area (Å²) in [5, 5.41) is 2.84. The summed E-state index contributed by atoms with van der Waals surface area (Å²) in [5.41, 5.74) is 6.88. The van der Waals surface area contributed by atoms with Crippen LogP contribution in [-0.2, 0) is 13.1 Å². The molecule has 3 N–H and O–H groups in total. The van der Waals surface area contributed by atoms with Crippen molar-refractivity contribution in [2.75, 3.05) is 12.8 Å². The number of para-hydroxylation sites is 1. The van der Waals surface area contributed by atoms with Gasteiger partial charge in [-0.2, -0.15) is 0 Å². The van der Waals surface area contributed by atoms with E-state index in [1.807, 2.05) is 24.3 Å². The van der Waals surface area contributed by atoms with Crippen LogP contribution in [0.4, 0.5) is 5.82 Å². The molecular weight excluding hydrogens is 318 g/mol. The number of benzene rings is 1. The van der Waals surface area contributed by atoms with E-state index in [4.69, 9.17) is 22.7 Å². The van der Waals surface area contributed by atoms with Gasteiger partial charge in [0, 0.05) is 18.7 Å². The highest BCUT2D eigenvalue weighted by Gasteiger charge is 2.16. The minimum atomic E-state index is -0.248. The van der Waals surface area contributed by atoms with Crippen molar-refractivity contribution in [3.63, 3.8) is 0 Å². The molecule has 1 aromatic carbocycles. The van der Waals surface area contributed by atoms with Gasteiger partial charge in [-0.05, 0) is 18.3 Å². The quantitative estimate of drug-likeness (QED) is 0.629. The number of carbonyl (C=O) groups is 1. The fraction of sp³-hybridized carbons (Fsp3) is 0.200. The van der Waals surface area contributed by atoms with E-state index in [1.54, 1.807) is 17.8 Å². The number of nitrogens with two attached hydrogens (primary N) is 1. The summed E-state index contributed by atoms with van der Waals surface area (Å²) < 4.78 is 7.50. The molecular formula is C15H17N3O2S2. The Morgan fingerprint density at radius 2 is 2.27 bits per heavy atom. The highest BCUT2D eigenvalue weighted by Crippen LogP contribution is 2.23. The number of anilines is 1. The predicted octanol–water partition coefficient (Wildman–Crippen LogP) is 2.99. The summed E-state index contributed by atoms with van der Waals surface area (Å²) in [7, 11) is 1.60. The molecule has 22 heavy (non-hydrogen) atoms. The summed E-state index contributed by atoms with van der Waals surface area (Å²) in [5.74, 6) is 0.849. The average Bonchev–Trinajstić information content (AvgIpc) is 2.81. The fourth-order valence-corrected chi connectivity index (χ4v) is 3.25. The minimum absolute atomic E-state index is 0.248. The first-order chi connectivity index (χ1) is 10.6. The van der Waals surface area contributed by atoms with Crippen LogP contribution in [0.3, 0.4) is 0 Å². The second-order valence-electron chi connectivity index (χ2n) is 4.48. The summed E-state index contributed by atoms with van der Waals surface area (Å²) in [6.45, 7) is 4.50. The van der Waals surface area contributed by atoms with Gasteiger partial charge in [-0.15, -0.1) is 6.58 Å². The first kappa shape index (κ1) is 16.3. The molecule has 0 unspecified atom stereocenters. The molecule has 0 aliphatic heterocycles. The molecule has 2 rings (SSSR count). The number of nitrogens with one attached hydrogen (secondary N) is 1. The number of methoxy groups -OCH3 is 1. The van der Waals surface area contributed by atoms with Gasteiger partial charge in [0.15, 0.2) is 3.95 Å². The van der Waals surface area contributed by atoms with Crippen LogP contribution in [0, 0.1) is 3.95 Å². The van der Waals surface area contributed by atoms with Gasteiger partial charge in [0.05, 0.1) is 7.11 Å². The van der Waals surface area contributed by atoms with Crippen molar-refractivity contribution in [1.29, 1.82) is 0 Å². The number of carbonyl (C=O) groups excluding carboxylic acids is 1. The van der Waals surface area contributed by atoms with Gasteiger partial charge in [-0.1, -0.05) is 35.6 Å². The predicted molar refractivity (Wildman–Crippen MR) is 91.9 cm³/mol. The third kappa shape index (κ3) is 3.37. The van der Waals surface area contributed by atoms with E-state index in [0.29, 0.717) is 27.7 Å². The lowest BCUT2D eigenvalue weighted by Gasteiger charge is -2.09. The smallest absolute Gasteiger partial charge is 0.265 e. The Balaban J connectivity index is 2.15. The summed E-state index contributed by atoms with van der Waals surface area (Å²) >= 11 is 6.41. The van der Waals surface area contributed by atoms with Crippen LogP contribution in [-0.4, -0.2) is 17.6 Å². The molecule has 0 saturated carbocycles. The van der Waals surface area contributed by atoms with Gasteiger partial charge in [0.2, 0.25) is 0 Å². The summed E-state index contributed by atoms with van der Waals surface area (Å²) in [4.78, 5) is 12.7. The molecule has 0 bridgehead atoms. The van der Waals surface area contributed by atoms with Crippen LogP contribution in [0.25, 0.3) is 0 Å². The highest BCUT2D eigenvalue weighted by molar-refractivity contribution is 7.73. The molecule has 0 radical (unpaired) electrons. The largest absolute Gasteiger partial charge is 0.496 e. The van der Waals surface area contributed by atoms with Gasteiger partial charge in [0.25, 0.3) is 5.91 Å². The van der Waals surface area contributed by atoms with Crippen molar-refractivity contribution in [2.24, 2.45) is 0 Å². The number of hydrogen-bond donors (Lipinski definition) is 2. The summed E-state index contributed by atoms with van der Waals surface area (Å²) in [6.07, 6.45) is 1.69. The van der Waals surface area contributed by atoms with Gasteiger partial charge in [0.1, 0.15) is 16.4 Å². The lowest BCUT2D eigenvalue weighted by molar-refractivity contribution is 0.0955. The normalized spacial score (nSPS) is 10.2.